The van der Waals surface area contributed by atoms with Gasteiger partial charge in [0.2, 0.25) is 5.91 Å². The minimum absolute atomic E-state index is 0.102. The Hall–Kier alpha value is -0.610. The summed E-state index contributed by atoms with van der Waals surface area (Å²) in [6, 6.07) is 0. The molecule has 4 nitrogen and oxygen atoms in total. The molecule has 84 valence electrons. The summed E-state index contributed by atoms with van der Waals surface area (Å²) in [5.41, 5.74) is 0. The molecule has 0 spiro atoms. The van der Waals surface area contributed by atoms with E-state index in [0.717, 1.165) is 19.5 Å². The van der Waals surface area contributed by atoms with Gasteiger partial charge in [-0.15, -0.1) is 0 Å². The Morgan fingerprint density at radius 1 is 1.36 bits per heavy atom. The Morgan fingerprint density at radius 3 is 2.50 bits per heavy atom. The molecule has 0 aromatic carbocycles. The highest BCUT2D eigenvalue weighted by atomic mass is 16.5. The molecule has 0 saturated carbocycles. The molecule has 0 radical (unpaired) electrons. The van der Waals surface area contributed by atoms with Crippen molar-refractivity contribution in [3.63, 3.8) is 0 Å². The SMILES string of the molecule is CCN(CC)CC(=O)NCCCOC. The summed E-state index contributed by atoms with van der Waals surface area (Å²) >= 11 is 0. The molecule has 0 rings (SSSR count). The Morgan fingerprint density at radius 2 is 2.00 bits per heavy atom. The minimum atomic E-state index is 0.102. The second-order valence-electron chi connectivity index (χ2n) is 3.16. The number of likely N-dealkylation sites (N-methyl/N-ethyl adjacent to an activating group) is 1. The fourth-order valence-corrected chi connectivity index (χ4v) is 1.15. The lowest BCUT2D eigenvalue weighted by Gasteiger charge is -2.17. The highest BCUT2D eigenvalue weighted by molar-refractivity contribution is 5.77. The summed E-state index contributed by atoms with van der Waals surface area (Å²) in [6.45, 7) is 7.85. The van der Waals surface area contributed by atoms with E-state index in [1.165, 1.54) is 0 Å². The van der Waals surface area contributed by atoms with E-state index in [1.807, 2.05) is 0 Å². The summed E-state index contributed by atoms with van der Waals surface area (Å²) in [5.74, 6) is 0.102. The molecule has 0 aromatic heterocycles. The topological polar surface area (TPSA) is 41.6 Å². The first-order valence-corrected chi connectivity index (χ1v) is 5.22. The van der Waals surface area contributed by atoms with Crippen LogP contribution in [0.1, 0.15) is 20.3 Å². The zero-order valence-electron chi connectivity index (χ0n) is 9.51. The van der Waals surface area contributed by atoms with Gasteiger partial charge in [-0.2, -0.15) is 0 Å². The summed E-state index contributed by atoms with van der Waals surface area (Å²) in [5, 5.41) is 2.86. The van der Waals surface area contributed by atoms with E-state index in [2.05, 4.69) is 24.1 Å². The maximum atomic E-state index is 11.3. The molecule has 0 aliphatic heterocycles. The van der Waals surface area contributed by atoms with E-state index in [4.69, 9.17) is 4.74 Å². The third kappa shape index (κ3) is 6.86. The van der Waals surface area contributed by atoms with Gasteiger partial charge in [0, 0.05) is 20.3 Å². The van der Waals surface area contributed by atoms with E-state index >= 15 is 0 Å². The molecular formula is C10H22N2O2. The highest BCUT2D eigenvalue weighted by Crippen LogP contribution is 1.86. The van der Waals surface area contributed by atoms with Crippen LogP contribution in [0, 0.1) is 0 Å². The van der Waals surface area contributed by atoms with Crippen LogP contribution in [0.2, 0.25) is 0 Å². The summed E-state index contributed by atoms with van der Waals surface area (Å²) in [4.78, 5) is 13.4. The molecule has 0 fully saturated rings. The normalized spacial score (nSPS) is 10.6. The molecule has 4 heteroatoms. The van der Waals surface area contributed by atoms with E-state index < -0.39 is 0 Å². The van der Waals surface area contributed by atoms with Gasteiger partial charge in [0.1, 0.15) is 0 Å². The van der Waals surface area contributed by atoms with Crippen molar-refractivity contribution in [1.82, 2.24) is 10.2 Å². The molecule has 0 heterocycles. The van der Waals surface area contributed by atoms with Crippen molar-refractivity contribution in [2.75, 3.05) is 39.9 Å². The third-order valence-corrected chi connectivity index (χ3v) is 2.11. The Kier molecular flexibility index (Phi) is 8.57. The van der Waals surface area contributed by atoms with Crippen LogP contribution in [0.15, 0.2) is 0 Å². The smallest absolute Gasteiger partial charge is 0.234 e. The zero-order valence-corrected chi connectivity index (χ0v) is 9.51. The van der Waals surface area contributed by atoms with Gasteiger partial charge in [-0.25, -0.2) is 0 Å². The van der Waals surface area contributed by atoms with E-state index in [9.17, 15) is 4.79 Å². The van der Waals surface area contributed by atoms with Gasteiger partial charge in [0.15, 0.2) is 0 Å². The van der Waals surface area contributed by atoms with Crippen LogP contribution in [-0.2, 0) is 9.53 Å². The van der Waals surface area contributed by atoms with Gasteiger partial charge >= 0.3 is 0 Å². The largest absolute Gasteiger partial charge is 0.385 e. The number of amides is 1. The monoisotopic (exact) mass is 202 g/mol. The molecule has 14 heavy (non-hydrogen) atoms. The minimum Gasteiger partial charge on any atom is -0.385 e. The van der Waals surface area contributed by atoms with Gasteiger partial charge in [0.25, 0.3) is 0 Å². The lowest BCUT2D eigenvalue weighted by molar-refractivity contribution is -0.122. The van der Waals surface area contributed by atoms with Crippen molar-refractivity contribution in [2.24, 2.45) is 0 Å². The molecule has 0 aliphatic rings. The fourth-order valence-electron chi connectivity index (χ4n) is 1.15. The first-order valence-electron chi connectivity index (χ1n) is 5.22. The molecule has 0 aliphatic carbocycles. The van der Waals surface area contributed by atoms with Gasteiger partial charge in [-0.3, -0.25) is 9.69 Å². The number of nitrogens with one attached hydrogen (secondary N) is 1. The number of hydrogen-bond acceptors (Lipinski definition) is 3. The van der Waals surface area contributed by atoms with Crippen LogP contribution in [0.4, 0.5) is 0 Å². The molecule has 0 aromatic rings. The number of nitrogens with zero attached hydrogens (tertiary/aromatic N) is 1. The second-order valence-corrected chi connectivity index (χ2v) is 3.16. The quantitative estimate of drug-likeness (QED) is 0.582. The first kappa shape index (κ1) is 13.4. The fraction of sp³-hybridized carbons (Fsp3) is 0.900. The number of ether oxygens (including phenoxy) is 1. The predicted molar refractivity (Wildman–Crippen MR) is 57.3 cm³/mol. The average molecular weight is 202 g/mol. The van der Waals surface area contributed by atoms with Crippen LogP contribution in [0.25, 0.3) is 0 Å². The first-order chi connectivity index (χ1) is 6.74. The molecule has 0 bridgehead atoms. The molecular weight excluding hydrogens is 180 g/mol. The Balaban J connectivity index is 3.44. The highest BCUT2D eigenvalue weighted by Gasteiger charge is 2.05. The number of hydrogen-bond donors (Lipinski definition) is 1. The van der Waals surface area contributed by atoms with Crippen molar-refractivity contribution >= 4 is 5.91 Å². The zero-order chi connectivity index (χ0) is 10.8. The lowest BCUT2D eigenvalue weighted by atomic mass is 10.4. The molecule has 1 N–H and O–H groups in total. The van der Waals surface area contributed by atoms with Crippen LogP contribution >= 0.6 is 0 Å². The van der Waals surface area contributed by atoms with Crippen molar-refractivity contribution in [1.29, 1.82) is 0 Å². The second kappa shape index (κ2) is 8.97. The van der Waals surface area contributed by atoms with Crippen molar-refractivity contribution in [2.45, 2.75) is 20.3 Å². The number of methoxy groups -OCH3 is 1. The summed E-state index contributed by atoms with van der Waals surface area (Å²) in [7, 11) is 1.66. The van der Waals surface area contributed by atoms with E-state index in [-0.39, 0.29) is 5.91 Å². The molecule has 0 unspecified atom stereocenters. The van der Waals surface area contributed by atoms with Gasteiger partial charge in [0.05, 0.1) is 6.54 Å². The number of rotatable bonds is 8. The maximum Gasteiger partial charge on any atom is 0.234 e. The number of carbonyl (C=O) groups is 1. The third-order valence-electron chi connectivity index (χ3n) is 2.11. The summed E-state index contributed by atoms with van der Waals surface area (Å²) in [6.07, 6.45) is 0.875. The Bertz CT molecular complexity index is 147. The predicted octanol–water partition coefficient (Wildman–Crippen LogP) is 0.481. The molecule has 0 saturated heterocycles. The van der Waals surface area contributed by atoms with Crippen LogP contribution < -0.4 is 5.32 Å². The van der Waals surface area contributed by atoms with Gasteiger partial charge < -0.3 is 10.1 Å². The average Bonchev–Trinajstić information content (AvgIpc) is 2.21. The van der Waals surface area contributed by atoms with E-state index in [1.54, 1.807) is 7.11 Å². The number of carbonyl (C=O) groups excluding carboxylic acids is 1. The lowest BCUT2D eigenvalue weighted by Crippen LogP contribution is -2.37. The van der Waals surface area contributed by atoms with Crippen molar-refractivity contribution in [3.05, 3.63) is 0 Å². The van der Waals surface area contributed by atoms with E-state index in [0.29, 0.717) is 19.7 Å². The van der Waals surface area contributed by atoms with Crippen LogP contribution in [-0.4, -0.2) is 50.7 Å². The van der Waals surface area contributed by atoms with Crippen LogP contribution in [0.3, 0.4) is 0 Å². The maximum absolute atomic E-state index is 11.3. The molecule has 0 atom stereocenters. The van der Waals surface area contributed by atoms with Crippen LogP contribution in [0.5, 0.6) is 0 Å². The van der Waals surface area contributed by atoms with Crippen molar-refractivity contribution < 1.29 is 9.53 Å². The summed E-state index contributed by atoms with van der Waals surface area (Å²) < 4.78 is 4.89. The van der Waals surface area contributed by atoms with Gasteiger partial charge in [-0.05, 0) is 19.5 Å². The Labute approximate surface area is 86.6 Å². The van der Waals surface area contributed by atoms with Crippen molar-refractivity contribution in [3.8, 4) is 0 Å². The molecule has 1 amide bonds. The standard InChI is InChI=1S/C10H22N2O2/c1-4-12(5-2)9-10(13)11-7-6-8-14-3/h4-9H2,1-3H3,(H,11,13). The van der Waals surface area contributed by atoms with Gasteiger partial charge in [-0.1, -0.05) is 13.8 Å².